The van der Waals surface area contributed by atoms with E-state index in [0.717, 1.165) is 25.8 Å². The van der Waals surface area contributed by atoms with Crippen LogP contribution in [0.5, 0.6) is 0 Å². The third-order valence-corrected chi connectivity index (χ3v) is 2.78. The second kappa shape index (κ2) is 5.86. The van der Waals surface area contributed by atoms with Crippen molar-refractivity contribution in [2.24, 2.45) is 5.73 Å². The van der Waals surface area contributed by atoms with Crippen molar-refractivity contribution in [2.75, 3.05) is 19.6 Å². The highest BCUT2D eigenvalue weighted by Gasteiger charge is 2.24. The van der Waals surface area contributed by atoms with Crippen LogP contribution < -0.4 is 11.1 Å². The lowest BCUT2D eigenvalue weighted by Crippen LogP contribution is -2.49. The summed E-state index contributed by atoms with van der Waals surface area (Å²) in [7, 11) is 0. The Morgan fingerprint density at radius 1 is 1.57 bits per heavy atom. The van der Waals surface area contributed by atoms with Crippen LogP contribution in [0.25, 0.3) is 0 Å². The van der Waals surface area contributed by atoms with Gasteiger partial charge in [0.25, 0.3) is 0 Å². The number of rotatable bonds is 3. The molecule has 0 aliphatic carbocycles. The summed E-state index contributed by atoms with van der Waals surface area (Å²) in [5.41, 5.74) is 5.34. The highest BCUT2D eigenvalue weighted by Crippen LogP contribution is 2.19. The molecular formula is C10H21N3O. The van der Waals surface area contributed by atoms with Gasteiger partial charge in [0.2, 0.25) is 0 Å². The van der Waals surface area contributed by atoms with Gasteiger partial charge >= 0.3 is 6.03 Å². The number of nitrogens with two attached hydrogens (primary N) is 1. The Hall–Kier alpha value is -0.770. The zero-order valence-electron chi connectivity index (χ0n) is 8.96. The fourth-order valence-electron chi connectivity index (χ4n) is 1.97. The highest BCUT2D eigenvalue weighted by atomic mass is 16.2. The van der Waals surface area contributed by atoms with Gasteiger partial charge in [-0.2, -0.15) is 0 Å². The van der Waals surface area contributed by atoms with E-state index in [-0.39, 0.29) is 6.03 Å². The molecule has 1 atom stereocenters. The van der Waals surface area contributed by atoms with Crippen LogP contribution in [0.2, 0.25) is 0 Å². The number of nitrogens with zero attached hydrogens (tertiary/aromatic N) is 1. The molecule has 1 saturated heterocycles. The van der Waals surface area contributed by atoms with Crippen LogP contribution >= 0.6 is 0 Å². The van der Waals surface area contributed by atoms with E-state index in [9.17, 15) is 4.79 Å². The summed E-state index contributed by atoms with van der Waals surface area (Å²) >= 11 is 0. The largest absolute Gasteiger partial charge is 0.337 e. The molecule has 0 radical (unpaired) electrons. The first-order chi connectivity index (χ1) is 6.79. The van der Waals surface area contributed by atoms with Gasteiger partial charge < -0.3 is 16.0 Å². The molecule has 0 aromatic rings. The van der Waals surface area contributed by atoms with E-state index in [2.05, 4.69) is 12.2 Å². The van der Waals surface area contributed by atoms with Crippen molar-refractivity contribution in [1.82, 2.24) is 10.2 Å². The number of carbonyl (C=O) groups excluding carboxylic acids is 1. The van der Waals surface area contributed by atoms with Gasteiger partial charge in [-0.3, -0.25) is 0 Å². The minimum absolute atomic E-state index is 0.0574. The summed E-state index contributed by atoms with van der Waals surface area (Å²) in [5, 5.41) is 2.83. The number of carbonyl (C=O) groups is 1. The van der Waals surface area contributed by atoms with Crippen LogP contribution in [0.3, 0.4) is 0 Å². The molecule has 82 valence electrons. The zero-order chi connectivity index (χ0) is 10.4. The first-order valence-electron chi connectivity index (χ1n) is 5.54. The second-order valence-corrected chi connectivity index (χ2v) is 3.77. The molecule has 1 aliphatic heterocycles. The topological polar surface area (TPSA) is 58.4 Å². The fourth-order valence-corrected chi connectivity index (χ4v) is 1.97. The minimum atomic E-state index is 0.0574. The Labute approximate surface area is 85.8 Å². The molecule has 1 fully saturated rings. The molecule has 1 aliphatic rings. The number of amides is 2. The van der Waals surface area contributed by atoms with Crippen molar-refractivity contribution >= 4 is 6.03 Å². The van der Waals surface area contributed by atoms with Gasteiger partial charge in [0.05, 0.1) is 0 Å². The van der Waals surface area contributed by atoms with Crippen molar-refractivity contribution < 1.29 is 4.79 Å². The zero-order valence-corrected chi connectivity index (χ0v) is 8.96. The molecular weight excluding hydrogens is 178 g/mol. The number of nitrogens with one attached hydrogen (secondary N) is 1. The van der Waals surface area contributed by atoms with E-state index < -0.39 is 0 Å². The third kappa shape index (κ3) is 2.87. The number of hydrogen-bond donors (Lipinski definition) is 2. The Morgan fingerprint density at radius 3 is 3.00 bits per heavy atom. The molecule has 1 unspecified atom stereocenters. The van der Waals surface area contributed by atoms with Gasteiger partial charge in [-0.25, -0.2) is 4.79 Å². The summed E-state index contributed by atoms with van der Waals surface area (Å²) in [6.07, 6.45) is 4.58. The van der Waals surface area contributed by atoms with Crippen LogP contribution in [-0.2, 0) is 0 Å². The normalized spacial score (nSPS) is 22.1. The lowest BCUT2D eigenvalue weighted by molar-refractivity contribution is 0.149. The summed E-state index contributed by atoms with van der Waals surface area (Å²) in [4.78, 5) is 13.6. The summed E-state index contributed by atoms with van der Waals surface area (Å²) in [6, 6.07) is 0.489. The van der Waals surface area contributed by atoms with E-state index in [0.29, 0.717) is 19.1 Å². The molecule has 1 heterocycles. The van der Waals surface area contributed by atoms with Crippen molar-refractivity contribution in [2.45, 2.75) is 38.6 Å². The Kier molecular flexibility index (Phi) is 4.73. The maximum absolute atomic E-state index is 11.7. The molecule has 0 bridgehead atoms. The smallest absolute Gasteiger partial charge is 0.317 e. The van der Waals surface area contributed by atoms with E-state index in [1.807, 2.05) is 4.90 Å². The van der Waals surface area contributed by atoms with Gasteiger partial charge in [0, 0.05) is 25.7 Å². The average molecular weight is 199 g/mol. The Bertz CT molecular complexity index is 184. The molecule has 4 nitrogen and oxygen atoms in total. The molecule has 2 amide bonds. The van der Waals surface area contributed by atoms with Gasteiger partial charge in [-0.1, -0.05) is 6.92 Å². The second-order valence-electron chi connectivity index (χ2n) is 3.77. The van der Waals surface area contributed by atoms with Crippen LogP contribution in [0, 0.1) is 0 Å². The van der Waals surface area contributed by atoms with E-state index in [1.165, 1.54) is 6.42 Å². The molecule has 0 spiro atoms. The van der Waals surface area contributed by atoms with E-state index >= 15 is 0 Å². The van der Waals surface area contributed by atoms with Crippen LogP contribution in [0.4, 0.5) is 4.79 Å². The predicted octanol–water partition coefficient (Wildman–Crippen LogP) is 0.919. The predicted molar refractivity (Wildman–Crippen MR) is 57.1 cm³/mol. The highest BCUT2D eigenvalue weighted by molar-refractivity contribution is 5.74. The summed E-state index contributed by atoms with van der Waals surface area (Å²) < 4.78 is 0. The van der Waals surface area contributed by atoms with Crippen LogP contribution in [0.15, 0.2) is 0 Å². The average Bonchev–Trinajstić information content (AvgIpc) is 2.25. The van der Waals surface area contributed by atoms with Crippen LogP contribution in [-0.4, -0.2) is 36.6 Å². The Morgan fingerprint density at radius 2 is 2.36 bits per heavy atom. The van der Waals surface area contributed by atoms with E-state index in [4.69, 9.17) is 5.73 Å². The monoisotopic (exact) mass is 199 g/mol. The number of likely N-dealkylation sites (tertiary alicyclic amines) is 1. The van der Waals surface area contributed by atoms with E-state index in [1.54, 1.807) is 0 Å². The molecule has 0 saturated carbocycles. The van der Waals surface area contributed by atoms with Gasteiger partial charge in [0.15, 0.2) is 0 Å². The lowest BCUT2D eigenvalue weighted by Gasteiger charge is -2.35. The molecule has 0 aromatic carbocycles. The molecule has 3 N–H and O–H groups in total. The minimum Gasteiger partial charge on any atom is -0.337 e. The van der Waals surface area contributed by atoms with Crippen molar-refractivity contribution in [3.63, 3.8) is 0 Å². The lowest BCUT2D eigenvalue weighted by atomic mass is 10.0. The molecule has 4 heteroatoms. The maximum Gasteiger partial charge on any atom is 0.317 e. The first kappa shape index (κ1) is 11.3. The van der Waals surface area contributed by atoms with Crippen molar-refractivity contribution in [1.29, 1.82) is 0 Å². The van der Waals surface area contributed by atoms with Gasteiger partial charge in [0.1, 0.15) is 0 Å². The van der Waals surface area contributed by atoms with Gasteiger partial charge in [-0.05, 0) is 25.7 Å². The number of hydrogen-bond acceptors (Lipinski definition) is 2. The standard InChI is InChI=1S/C10H21N3O/c1-2-9-5-3-4-8-13(9)10(14)12-7-6-11/h9H,2-8,11H2,1H3,(H,12,14). The molecule has 0 aromatic heterocycles. The molecule has 1 rings (SSSR count). The Balaban J connectivity index is 2.41. The van der Waals surface area contributed by atoms with Crippen LogP contribution in [0.1, 0.15) is 32.6 Å². The SMILES string of the molecule is CCC1CCCCN1C(=O)NCCN. The maximum atomic E-state index is 11.7. The summed E-state index contributed by atoms with van der Waals surface area (Å²) in [6.45, 7) is 4.12. The van der Waals surface area contributed by atoms with Crippen molar-refractivity contribution in [3.05, 3.63) is 0 Å². The molecule has 14 heavy (non-hydrogen) atoms. The fraction of sp³-hybridized carbons (Fsp3) is 0.900. The van der Waals surface area contributed by atoms with Gasteiger partial charge in [-0.15, -0.1) is 0 Å². The van der Waals surface area contributed by atoms with Crippen molar-refractivity contribution in [3.8, 4) is 0 Å². The number of piperidine rings is 1. The quantitative estimate of drug-likeness (QED) is 0.710. The first-order valence-corrected chi connectivity index (χ1v) is 5.54. The third-order valence-electron chi connectivity index (χ3n) is 2.78. The summed E-state index contributed by atoms with van der Waals surface area (Å²) in [5.74, 6) is 0. The number of urea groups is 1.